The molecule has 0 radical (unpaired) electrons. The number of nitrogens with zero attached hydrogens (tertiary/aromatic N) is 2. The van der Waals surface area contributed by atoms with Gasteiger partial charge < -0.3 is 5.11 Å². The van der Waals surface area contributed by atoms with Crippen LogP contribution in [0.1, 0.15) is 30.0 Å². The van der Waals surface area contributed by atoms with Crippen LogP contribution in [0.15, 0.2) is 71.8 Å². The van der Waals surface area contributed by atoms with E-state index >= 15 is 0 Å². The number of amides is 1. The van der Waals surface area contributed by atoms with E-state index in [1.807, 2.05) is 0 Å². The van der Waals surface area contributed by atoms with Crippen molar-refractivity contribution < 1.29 is 27.9 Å². The van der Waals surface area contributed by atoms with Crippen LogP contribution in [0.25, 0.3) is 11.1 Å². The summed E-state index contributed by atoms with van der Waals surface area (Å²) in [6.45, 7) is 0. The Balaban J connectivity index is 1.79. The van der Waals surface area contributed by atoms with Gasteiger partial charge in [0.25, 0.3) is 0 Å². The molecule has 10 heteroatoms. The van der Waals surface area contributed by atoms with Crippen molar-refractivity contribution in [2.24, 2.45) is 5.10 Å². The molecule has 180 valence electrons. The Morgan fingerprint density at radius 3 is 2.31 bits per heavy atom. The van der Waals surface area contributed by atoms with E-state index in [0.717, 1.165) is 0 Å². The van der Waals surface area contributed by atoms with Gasteiger partial charge in [-0.1, -0.05) is 65.7 Å². The third-order valence-corrected chi connectivity index (χ3v) is 6.07. The molecule has 5 nitrogen and oxygen atoms in total. The van der Waals surface area contributed by atoms with Crippen molar-refractivity contribution in [1.82, 2.24) is 5.01 Å². The molecule has 1 heterocycles. The second-order valence-corrected chi connectivity index (χ2v) is 8.76. The van der Waals surface area contributed by atoms with E-state index in [1.165, 1.54) is 18.2 Å². The summed E-state index contributed by atoms with van der Waals surface area (Å²) in [5.74, 6) is -8.30. The Morgan fingerprint density at radius 2 is 1.69 bits per heavy atom. The summed E-state index contributed by atoms with van der Waals surface area (Å²) in [5.41, 5.74) is 2.52. The summed E-state index contributed by atoms with van der Waals surface area (Å²) in [6, 6.07) is 16.4. The molecule has 3 aromatic carbocycles. The molecule has 1 N–H and O–H groups in total. The highest BCUT2D eigenvalue weighted by Crippen LogP contribution is 2.39. The first-order chi connectivity index (χ1) is 16.6. The number of alkyl halides is 2. The molecule has 0 bridgehead atoms. The number of rotatable bonds is 6. The van der Waals surface area contributed by atoms with Gasteiger partial charge in [-0.2, -0.15) is 13.9 Å². The van der Waals surface area contributed by atoms with Gasteiger partial charge in [0.2, 0.25) is 0 Å². The molecule has 35 heavy (non-hydrogen) atoms. The average Bonchev–Trinajstić information content (AvgIpc) is 3.25. The highest BCUT2D eigenvalue weighted by Gasteiger charge is 2.48. The monoisotopic (exact) mass is 520 g/mol. The van der Waals surface area contributed by atoms with Crippen molar-refractivity contribution in [3.8, 4) is 11.1 Å². The smallest absolute Gasteiger partial charge is 0.337 e. The second kappa shape index (κ2) is 9.71. The first-order valence-corrected chi connectivity index (χ1v) is 11.1. The quantitative estimate of drug-likeness (QED) is 0.398. The topological polar surface area (TPSA) is 70.0 Å². The Bertz CT molecular complexity index is 1330. The molecule has 1 amide bonds. The number of carbonyl (C=O) groups excluding carboxylic acids is 1. The predicted octanol–water partition coefficient (Wildman–Crippen LogP) is 6.59. The predicted molar refractivity (Wildman–Crippen MR) is 126 cm³/mol. The summed E-state index contributed by atoms with van der Waals surface area (Å²) >= 11 is 11.9. The van der Waals surface area contributed by atoms with E-state index < -0.39 is 36.1 Å². The van der Waals surface area contributed by atoms with Crippen LogP contribution in [0.2, 0.25) is 10.0 Å². The van der Waals surface area contributed by atoms with E-state index in [0.29, 0.717) is 38.0 Å². The SMILES string of the molecule is O=C(O)CC(F)(F)C(=O)N1N=C(c2ccccc2-c2ccc(F)c(Cl)c2)CC1c1ccc(Cl)cc1. The summed E-state index contributed by atoms with van der Waals surface area (Å²) in [4.78, 5) is 23.7. The van der Waals surface area contributed by atoms with Crippen LogP contribution in [0, 0.1) is 5.82 Å². The van der Waals surface area contributed by atoms with Gasteiger partial charge in [0, 0.05) is 17.0 Å². The minimum atomic E-state index is -4.17. The zero-order chi connectivity index (χ0) is 25.3. The molecule has 0 saturated carbocycles. The van der Waals surface area contributed by atoms with Crippen LogP contribution in [-0.4, -0.2) is 33.6 Å². The standard InChI is InChI=1S/C25H17Cl2F3N2O3/c26-16-8-5-14(6-9-16)22-12-21(31-32(22)24(35)25(29,30)13-23(33)34)18-4-2-1-3-17(18)15-7-10-20(28)19(27)11-15/h1-11,22H,12-13H2,(H,33,34). The lowest BCUT2D eigenvalue weighted by atomic mass is 9.92. The fourth-order valence-corrected chi connectivity index (χ4v) is 4.19. The molecule has 0 saturated heterocycles. The zero-order valence-corrected chi connectivity index (χ0v) is 19.4. The van der Waals surface area contributed by atoms with Crippen LogP contribution in [0.5, 0.6) is 0 Å². The van der Waals surface area contributed by atoms with Crippen molar-refractivity contribution >= 4 is 40.8 Å². The molecule has 4 rings (SSSR count). The first kappa shape index (κ1) is 24.8. The van der Waals surface area contributed by atoms with Crippen molar-refractivity contribution in [2.45, 2.75) is 24.8 Å². The number of carboxylic acids is 1. The van der Waals surface area contributed by atoms with Gasteiger partial charge in [-0.3, -0.25) is 9.59 Å². The molecular formula is C25H17Cl2F3N2O3. The zero-order valence-electron chi connectivity index (χ0n) is 17.9. The fraction of sp³-hybridized carbons (Fsp3) is 0.160. The number of halogens is 5. The van der Waals surface area contributed by atoms with Crippen LogP contribution in [-0.2, 0) is 9.59 Å². The molecule has 0 aliphatic carbocycles. The summed E-state index contributed by atoms with van der Waals surface area (Å²) in [6.07, 6.45) is -1.59. The van der Waals surface area contributed by atoms with Gasteiger partial charge in [0.15, 0.2) is 0 Å². The van der Waals surface area contributed by atoms with Gasteiger partial charge in [-0.15, -0.1) is 0 Å². The number of hydrazone groups is 1. The minimum Gasteiger partial charge on any atom is -0.481 e. The van der Waals surface area contributed by atoms with Gasteiger partial charge in [0.05, 0.1) is 16.8 Å². The maximum Gasteiger partial charge on any atom is 0.337 e. The minimum absolute atomic E-state index is 0.0719. The Hall–Kier alpha value is -3.36. The third-order valence-electron chi connectivity index (χ3n) is 5.53. The Labute approximate surface area is 208 Å². The van der Waals surface area contributed by atoms with Crippen LogP contribution in [0.3, 0.4) is 0 Å². The number of hydrogen-bond donors (Lipinski definition) is 1. The number of carboxylic acid groups (broad SMARTS) is 1. The lowest BCUT2D eigenvalue weighted by Crippen LogP contribution is -2.42. The summed E-state index contributed by atoms with van der Waals surface area (Å²) in [7, 11) is 0. The molecule has 0 spiro atoms. The average molecular weight is 521 g/mol. The molecule has 1 atom stereocenters. The normalized spacial score (nSPS) is 15.7. The molecule has 1 aliphatic heterocycles. The third kappa shape index (κ3) is 5.18. The molecule has 1 aliphatic rings. The lowest BCUT2D eigenvalue weighted by molar-refractivity contribution is -0.167. The van der Waals surface area contributed by atoms with Gasteiger partial charge in [-0.05, 0) is 41.0 Å². The number of hydrogen-bond acceptors (Lipinski definition) is 3. The molecule has 3 aromatic rings. The molecule has 0 fully saturated rings. The number of aliphatic carboxylic acids is 1. The second-order valence-electron chi connectivity index (χ2n) is 7.92. The fourth-order valence-electron chi connectivity index (χ4n) is 3.89. The largest absolute Gasteiger partial charge is 0.481 e. The van der Waals surface area contributed by atoms with E-state index in [4.69, 9.17) is 28.3 Å². The number of carbonyl (C=O) groups is 2. The van der Waals surface area contributed by atoms with Gasteiger partial charge >= 0.3 is 17.8 Å². The van der Waals surface area contributed by atoms with Crippen LogP contribution in [0.4, 0.5) is 13.2 Å². The molecular weight excluding hydrogens is 504 g/mol. The van der Waals surface area contributed by atoms with E-state index in [1.54, 1.807) is 48.5 Å². The highest BCUT2D eigenvalue weighted by molar-refractivity contribution is 6.31. The van der Waals surface area contributed by atoms with E-state index in [2.05, 4.69) is 5.10 Å². The molecule has 1 unspecified atom stereocenters. The van der Waals surface area contributed by atoms with E-state index in [-0.39, 0.29) is 11.4 Å². The first-order valence-electron chi connectivity index (χ1n) is 10.4. The van der Waals surface area contributed by atoms with E-state index in [9.17, 15) is 22.8 Å². The maximum atomic E-state index is 14.5. The number of benzene rings is 3. The Kier molecular flexibility index (Phi) is 6.87. The summed E-state index contributed by atoms with van der Waals surface area (Å²) in [5, 5.41) is 14.0. The van der Waals surface area contributed by atoms with Gasteiger partial charge in [0.1, 0.15) is 12.2 Å². The lowest BCUT2D eigenvalue weighted by Gasteiger charge is -2.25. The maximum absolute atomic E-state index is 14.5. The van der Waals surface area contributed by atoms with Crippen molar-refractivity contribution in [3.05, 3.63) is 93.7 Å². The Morgan fingerprint density at radius 1 is 1.03 bits per heavy atom. The van der Waals surface area contributed by atoms with Crippen LogP contribution >= 0.6 is 23.2 Å². The van der Waals surface area contributed by atoms with Crippen molar-refractivity contribution in [3.63, 3.8) is 0 Å². The molecule has 0 aromatic heterocycles. The van der Waals surface area contributed by atoms with Crippen molar-refractivity contribution in [1.29, 1.82) is 0 Å². The summed E-state index contributed by atoms with van der Waals surface area (Å²) < 4.78 is 42.7. The van der Waals surface area contributed by atoms with Crippen LogP contribution < -0.4 is 0 Å². The van der Waals surface area contributed by atoms with Gasteiger partial charge in [-0.25, -0.2) is 9.40 Å². The van der Waals surface area contributed by atoms with Crippen molar-refractivity contribution in [2.75, 3.05) is 0 Å². The highest BCUT2D eigenvalue weighted by atomic mass is 35.5.